The summed E-state index contributed by atoms with van der Waals surface area (Å²) in [5.74, 6) is 0.553. The van der Waals surface area contributed by atoms with Crippen LogP contribution in [-0.2, 0) is 4.79 Å². The summed E-state index contributed by atoms with van der Waals surface area (Å²) in [5, 5.41) is 2.53. The monoisotopic (exact) mass is 153 g/mol. The minimum Gasteiger partial charge on any atom is -0.354 e. The minimum atomic E-state index is -0.138. The molecule has 0 aliphatic heterocycles. The summed E-state index contributed by atoms with van der Waals surface area (Å²) in [6, 6.07) is 0. The van der Waals surface area contributed by atoms with Gasteiger partial charge < -0.3 is 5.32 Å². The lowest BCUT2D eigenvalue weighted by molar-refractivity contribution is -0.118. The average molecular weight is 154 g/mol. The number of hydrogen-bond donors (Lipinski definition) is 2. The summed E-state index contributed by atoms with van der Waals surface area (Å²) in [4.78, 5) is 10.3. The van der Waals surface area contributed by atoms with Crippen LogP contribution < -0.4 is 5.32 Å². The van der Waals surface area contributed by atoms with Gasteiger partial charge in [-0.2, -0.15) is 12.6 Å². The van der Waals surface area contributed by atoms with E-state index in [0.29, 0.717) is 12.3 Å². The van der Waals surface area contributed by atoms with E-state index in [2.05, 4.69) is 17.9 Å². The van der Waals surface area contributed by atoms with E-state index in [-0.39, 0.29) is 11.8 Å². The zero-order valence-electron chi connectivity index (χ0n) is 4.35. The number of alkyl halides is 1. The molecule has 0 spiro atoms. The Morgan fingerprint density at radius 2 is 2.38 bits per heavy atom. The second-order valence-corrected chi connectivity index (χ2v) is 1.92. The molecule has 1 N–H and O–H groups in total. The highest BCUT2D eigenvalue weighted by atomic mass is 35.5. The fourth-order valence-corrected chi connectivity index (χ4v) is 0.449. The molecule has 0 saturated heterocycles. The Kier molecular flexibility index (Phi) is 5.32. The topological polar surface area (TPSA) is 29.1 Å². The second kappa shape index (κ2) is 5.25. The zero-order valence-corrected chi connectivity index (χ0v) is 6.01. The third-order valence-corrected chi connectivity index (χ3v) is 1.02. The number of carbonyl (C=O) groups is 1. The van der Waals surface area contributed by atoms with Crippen molar-refractivity contribution in [3.63, 3.8) is 0 Å². The summed E-state index contributed by atoms with van der Waals surface area (Å²) in [6.45, 7) is 0.592. The van der Waals surface area contributed by atoms with Crippen LogP contribution in [0.25, 0.3) is 0 Å². The van der Waals surface area contributed by atoms with E-state index in [1.54, 1.807) is 0 Å². The number of nitrogens with one attached hydrogen (secondary N) is 1. The molecule has 0 aromatic carbocycles. The zero-order chi connectivity index (χ0) is 6.41. The van der Waals surface area contributed by atoms with Gasteiger partial charge in [-0.3, -0.25) is 4.79 Å². The van der Waals surface area contributed by atoms with Gasteiger partial charge in [0, 0.05) is 12.3 Å². The summed E-state index contributed by atoms with van der Waals surface area (Å²) in [6.07, 6.45) is 0. The Hall–Kier alpha value is 0.110. The van der Waals surface area contributed by atoms with Crippen molar-refractivity contribution < 1.29 is 4.79 Å². The van der Waals surface area contributed by atoms with Crippen molar-refractivity contribution in [1.29, 1.82) is 0 Å². The fraction of sp³-hybridized carbons (Fsp3) is 0.750. The molecule has 0 radical (unpaired) electrons. The summed E-state index contributed by atoms with van der Waals surface area (Å²) < 4.78 is 0. The molecule has 0 rings (SSSR count). The normalized spacial score (nSPS) is 8.75. The molecule has 0 aliphatic carbocycles. The Morgan fingerprint density at radius 1 is 1.75 bits per heavy atom. The van der Waals surface area contributed by atoms with Gasteiger partial charge in [0.1, 0.15) is 5.88 Å². The lowest BCUT2D eigenvalue weighted by atomic mass is 10.6. The molecule has 0 unspecified atom stereocenters. The Morgan fingerprint density at radius 3 is 2.75 bits per heavy atom. The van der Waals surface area contributed by atoms with E-state index in [1.807, 2.05) is 0 Å². The maximum Gasteiger partial charge on any atom is 0.234 e. The minimum absolute atomic E-state index is 0.0355. The summed E-state index contributed by atoms with van der Waals surface area (Å²) in [5.41, 5.74) is 0. The molecule has 0 aromatic rings. The van der Waals surface area contributed by atoms with Crippen molar-refractivity contribution in [2.75, 3.05) is 18.2 Å². The van der Waals surface area contributed by atoms with Gasteiger partial charge in [0.15, 0.2) is 0 Å². The molecule has 8 heavy (non-hydrogen) atoms. The van der Waals surface area contributed by atoms with Gasteiger partial charge in [-0.1, -0.05) is 0 Å². The van der Waals surface area contributed by atoms with Crippen LogP contribution in [0, 0.1) is 0 Å². The van der Waals surface area contributed by atoms with Gasteiger partial charge in [-0.15, -0.1) is 11.6 Å². The van der Waals surface area contributed by atoms with Crippen LogP contribution >= 0.6 is 24.2 Å². The summed E-state index contributed by atoms with van der Waals surface area (Å²) >= 11 is 9.03. The van der Waals surface area contributed by atoms with Gasteiger partial charge >= 0.3 is 0 Å². The first kappa shape index (κ1) is 8.11. The number of carbonyl (C=O) groups excluding carboxylic acids is 1. The molecule has 0 bridgehead atoms. The molecule has 0 heterocycles. The number of thiol groups is 1. The fourth-order valence-electron chi connectivity index (χ4n) is 0.243. The third-order valence-electron chi connectivity index (χ3n) is 0.555. The van der Waals surface area contributed by atoms with Crippen LogP contribution in [0.1, 0.15) is 0 Å². The van der Waals surface area contributed by atoms with E-state index < -0.39 is 0 Å². The predicted octanol–water partition coefficient (Wildman–Crippen LogP) is 0.271. The van der Waals surface area contributed by atoms with E-state index >= 15 is 0 Å². The quantitative estimate of drug-likeness (QED) is 0.443. The first-order valence-corrected chi connectivity index (χ1v) is 3.41. The molecular weight excluding hydrogens is 146 g/mol. The average Bonchev–Trinajstić information content (AvgIpc) is 1.83. The molecule has 2 nitrogen and oxygen atoms in total. The van der Waals surface area contributed by atoms with Crippen LogP contribution in [0.3, 0.4) is 0 Å². The van der Waals surface area contributed by atoms with Crippen LogP contribution in [0.2, 0.25) is 0 Å². The molecule has 4 heteroatoms. The molecule has 0 aliphatic rings. The Labute approximate surface area is 59.0 Å². The largest absolute Gasteiger partial charge is 0.354 e. The van der Waals surface area contributed by atoms with Crippen molar-refractivity contribution >= 4 is 30.1 Å². The highest BCUT2D eigenvalue weighted by Gasteiger charge is 1.92. The molecule has 0 atom stereocenters. The first-order valence-electron chi connectivity index (χ1n) is 2.24. The Bertz CT molecular complexity index is 78.4. The van der Waals surface area contributed by atoms with Crippen LogP contribution in [0.15, 0.2) is 0 Å². The maximum absolute atomic E-state index is 10.3. The predicted molar refractivity (Wildman–Crippen MR) is 37.6 cm³/mol. The molecular formula is C4H8ClNOS. The van der Waals surface area contributed by atoms with Gasteiger partial charge in [0.05, 0.1) is 0 Å². The van der Waals surface area contributed by atoms with Gasteiger partial charge in [-0.05, 0) is 0 Å². The SMILES string of the molecule is O=C(CCl)NCCS. The summed E-state index contributed by atoms with van der Waals surface area (Å²) in [7, 11) is 0. The van der Waals surface area contributed by atoms with E-state index in [9.17, 15) is 4.79 Å². The van der Waals surface area contributed by atoms with E-state index in [1.165, 1.54) is 0 Å². The number of amides is 1. The van der Waals surface area contributed by atoms with Gasteiger partial charge in [0.25, 0.3) is 0 Å². The first-order chi connectivity index (χ1) is 3.81. The second-order valence-electron chi connectivity index (χ2n) is 1.21. The van der Waals surface area contributed by atoms with Crippen molar-refractivity contribution in [3.8, 4) is 0 Å². The smallest absolute Gasteiger partial charge is 0.234 e. The third kappa shape index (κ3) is 4.27. The van der Waals surface area contributed by atoms with Gasteiger partial charge in [0.2, 0.25) is 5.91 Å². The van der Waals surface area contributed by atoms with E-state index in [0.717, 1.165) is 0 Å². The standard InChI is InChI=1S/C4H8ClNOS/c5-3-4(7)6-1-2-8/h8H,1-3H2,(H,6,7). The van der Waals surface area contributed by atoms with Crippen LogP contribution in [-0.4, -0.2) is 24.1 Å². The Balaban J connectivity index is 2.99. The van der Waals surface area contributed by atoms with Gasteiger partial charge in [-0.25, -0.2) is 0 Å². The lowest BCUT2D eigenvalue weighted by Gasteiger charge is -1.95. The lowest BCUT2D eigenvalue weighted by Crippen LogP contribution is -2.26. The maximum atomic E-state index is 10.3. The molecule has 48 valence electrons. The van der Waals surface area contributed by atoms with Crippen molar-refractivity contribution in [2.45, 2.75) is 0 Å². The molecule has 0 saturated carbocycles. The number of hydrogen-bond acceptors (Lipinski definition) is 2. The highest BCUT2D eigenvalue weighted by Crippen LogP contribution is 1.74. The molecule has 1 amide bonds. The van der Waals surface area contributed by atoms with Crippen molar-refractivity contribution in [3.05, 3.63) is 0 Å². The number of rotatable bonds is 3. The highest BCUT2D eigenvalue weighted by molar-refractivity contribution is 7.80. The van der Waals surface area contributed by atoms with Crippen molar-refractivity contribution in [1.82, 2.24) is 5.32 Å². The number of halogens is 1. The molecule has 0 fully saturated rings. The van der Waals surface area contributed by atoms with Crippen LogP contribution in [0.4, 0.5) is 0 Å². The molecule has 0 aromatic heterocycles. The van der Waals surface area contributed by atoms with E-state index in [4.69, 9.17) is 11.6 Å². The van der Waals surface area contributed by atoms with Crippen molar-refractivity contribution in [2.24, 2.45) is 0 Å². The van der Waals surface area contributed by atoms with Crippen LogP contribution in [0.5, 0.6) is 0 Å².